The second kappa shape index (κ2) is 9.75. The van der Waals surface area contributed by atoms with Crippen LogP contribution in [0, 0.1) is 5.82 Å². The molecule has 1 fully saturated rings. The number of rotatable bonds is 4. The van der Waals surface area contributed by atoms with Crippen molar-refractivity contribution in [3.8, 4) is 0 Å². The van der Waals surface area contributed by atoms with Crippen molar-refractivity contribution in [1.82, 2.24) is 5.32 Å². The predicted octanol–water partition coefficient (Wildman–Crippen LogP) is 6.51. The second-order valence-corrected chi connectivity index (χ2v) is 7.31. The van der Waals surface area contributed by atoms with Crippen LogP contribution < -0.4 is 5.32 Å². The van der Waals surface area contributed by atoms with Crippen LogP contribution in [-0.4, -0.2) is 19.2 Å². The Morgan fingerprint density at radius 1 is 0.935 bits per heavy atom. The molecule has 0 spiro atoms. The van der Waals surface area contributed by atoms with E-state index in [9.17, 15) is 30.7 Å². The highest BCUT2D eigenvalue weighted by Gasteiger charge is 2.38. The van der Waals surface area contributed by atoms with Gasteiger partial charge in [0.2, 0.25) is 0 Å². The molecular formula is C21H21ClF7NO. The van der Waals surface area contributed by atoms with Crippen molar-refractivity contribution < 1.29 is 35.5 Å². The van der Waals surface area contributed by atoms with E-state index in [1.54, 1.807) is 12.1 Å². The first kappa shape index (κ1) is 25.4. The van der Waals surface area contributed by atoms with Gasteiger partial charge < -0.3 is 10.1 Å². The van der Waals surface area contributed by atoms with Crippen molar-refractivity contribution in [3.05, 3.63) is 70.5 Å². The molecule has 1 N–H and O–H groups in total. The minimum atomic E-state index is -4.92. The van der Waals surface area contributed by atoms with Crippen LogP contribution in [0.3, 0.4) is 0 Å². The molecule has 0 radical (unpaired) electrons. The highest BCUT2D eigenvalue weighted by molar-refractivity contribution is 5.85. The molecule has 172 valence electrons. The molecule has 0 aliphatic carbocycles. The van der Waals surface area contributed by atoms with Gasteiger partial charge in [-0.2, -0.15) is 26.3 Å². The van der Waals surface area contributed by atoms with Crippen molar-refractivity contribution in [2.24, 2.45) is 0 Å². The molecule has 1 aliphatic rings. The Kier molecular flexibility index (Phi) is 7.99. The monoisotopic (exact) mass is 471 g/mol. The number of alkyl halides is 6. The van der Waals surface area contributed by atoms with Gasteiger partial charge in [0, 0.05) is 12.5 Å². The van der Waals surface area contributed by atoms with Gasteiger partial charge >= 0.3 is 12.4 Å². The number of piperidine rings is 1. The van der Waals surface area contributed by atoms with Crippen LogP contribution in [-0.2, 0) is 17.1 Å². The summed E-state index contributed by atoms with van der Waals surface area (Å²) in [6, 6.07) is 7.27. The van der Waals surface area contributed by atoms with Gasteiger partial charge in [-0.3, -0.25) is 0 Å². The third-order valence-corrected chi connectivity index (χ3v) is 5.18. The largest absolute Gasteiger partial charge is 0.416 e. The van der Waals surface area contributed by atoms with Crippen LogP contribution in [0.1, 0.15) is 47.6 Å². The molecular weight excluding hydrogens is 451 g/mol. The molecule has 0 amide bonds. The first-order valence-corrected chi connectivity index (χ1v) is 9.36. The van der Waals surface area contributed by atoms with Crippen molar-refractivity contribution >= 4 is 12.4 Å². The second-order valence-electron chi connectivity index (χ2n) is 7.31. The fourth-order valence-electron chi connectivity index (χ4n) is 3.59. The van der Waals surface area contributed by atoms with E-state index in [-0.39, 0.29) is 30.0 Å². The zero-order valence-electron chi connectivity index (χ0n) is 16.4. The maximum atomic E-state index is 13.2. The third kappa shape index (κ3) is 6.33. The molecule has 1 heterocycles. The average Bonchev–Trinajstić information content (AvgIpc) is 2.67. The van der Waals surface area contributed by atoms with E-state index in [0.717, 1.165) is 5.56 Å². The zero-order valence-corrected chi connectivity index (χ0v) is 17.2. The van der Waals surface area contributed by atoms with E-state index >= 15 is 0 Å². The molecule has 1 aliphatic heterocycles. The van der Waals surface area contributed by atoms with Gasteiger partial charge in [-0.25, -0.2) is 4.39 Å². The van der Waals surface area contributed by atoms with Gasteiger partial charge in [-0.15, -0.1) is 12.4 Å². The summed E-state index contributed by atoms with van der Waals surface area (Å²) in [5.41, 5.74) is -2.17. The molecule has 3 rings (SSSR count). The van der Waals surface area contributed by atoms with Crippen molar-refractivity contribution in [1.29, 1.82) is 0 Å². The minimum absolute atomic E-state index is 0. The smallest absolute Gasteiger partial charge is 0.370 e. The summed E-state index contributed by atoms with van der Waals surface area (Å²) in [6.45, 7) is 2.52. The number of hydrogen-bond donors (Lipinski definition) is 1. The number of halogens is 8. The maximum absolute atomic E-state index is 13.2. The summed E-state index contributed by atoms with van der Waals surface area (Å²) in [4.78, 5) is 0. The first-order valence-electron chi connectivity index (χ1n) is 9.36. The molecule has 2 aromatic carbocycles. The van der Waals surface area contributed by atoms with Gasteiger partial charge in [-0.1, -0.05) is 12.1 Å². The summed E-state index contributed by atoms with van der Waals surface area (Å²) < 4.78 is 97.9. The van der Waals surface area contributed by atoms with Gasteiger partial charge in [0.25, 0.3) is 0 Å². The van der Waals surface area contributed by atoms with Crippen molar-refractivity contribution in [2.75, 3.05) is 13.1 Å². The Labute approximate surface area is 181 Å². The van der Waals surface area contributed by atoms with E-state index in [1.165, 1.54) is 19.1 Å². The maximum Gasteiger partial charge on any atom is 0.416 e. The summed E-state index contributed by atoms with van der Waals surface area (Å²) in [7, 11) is 0. The fourth-order valence-corrected chi connectivity index (χ4v) is 3.59. The van der Waals surface area contributed by atoms with E-state index < -0.39 is 41.5 Å². The van der Waals surface area contributed by atoms with Crippen molar-refractivity contribution in [3.63, 3.8) is 0 Å². The van der Waals surface area contributed by atoms with Crippen LogP contribution in [0.15, 0.2) is 42.5 Å². The quantitative estimate of drug-likeness (QED) is 0.513. The lowest BCUT2D eigenvalue weighted by Gasteiger charge is -2.34. The lowest BCUT2D eigenvalue weighted by molar-refractivity contribution is -0.143. The standard InChI is InChI=1S/C21H20F7NO.ClH/c1-12(14-8-15(20(23,24)25)10-16(9-14)21(26,27)28)30-19-6-7-29-11-18(19)13-2-4-17(22)5-3-13;/h2-5,8-10,12,18-19,29H,6-7,11H2,1H3;1H/t12-,18-,19+;/m1./s1. The van der Waals surface area contributed by atoms with Crippen LogP contribution in [0.4, 0.5) is 30.7 Å². The topological polar surface area (TPSA) is 21.3 Å². The Balaban J connectivity index is 0.00000341. The number of benzene rings is 2. The molecule has 1 saturated heterocycles. The van der Waals surface area contributed by atoms with E-state index in [0.29, 0.717) is 31.6 Å². The molecule has 0 aromatic heterocycles. The third-order valence-electron chi connectivity index (χ3n) is 5.18. The minimum Gasteiger partial charge on any atom is -0.370 e. The van der Waals surface area contributed by atoms with E-state index in [4.69, 9.17) is 4.74 Å². The highest BCUT2D eigenvalue weighted by Crippen LogP contribution is 2.39. The van der Waals surface area contributed by atoms with Crippen LogP contribution >= 0.6 is 12.4 Å². The molecule has 0 saturated carbocycles. The highest BCUT2D eigenvalue weighted by atomic mass is 35.5. The summed E-state index contributed by atoms with van der Waals surface area (Å²) in [6.07, 6.45) is -10.8. The average molecular weight is 472 g/mol. The Bertz CT molecular complexity index is 835. The van der Waals surface area contributed by atoms with Crippen molar-refractivity contribution in [2.45, 2.75) is 43.8 Å². The number of nitrogens with one attached hydrogen (secondary N) is 1. The van der Waals surface area contributed by atoms with Gasteiger partial charge in [0.1, 0.15) is 5.82 Å². The van der Waals surface area contributed by atoms with Crippen LogP contribution in [0.5, 0.6) is 0 Å². The number of hydrogen-bond acceptors (Lipinski definition) is 2. The summed E-state index contributed by atoms with van der Waals surface area (Å²) in [5.74, 6) is -0.619. The normalized spacial score (nSPS) is 20.8. The molecule has 0 bridgehead atoms. The summed E-state index contributed by atoms with van der Waals surface area (Å²) in [5, 5.41) is 3.18. The van der Waals surface area contributed by atoms with Gasteiger partial charge in [0.05, 0.1) is 23.3 Å². The first-order chi connectivity index (χ1) is 13.9. The van der Waals surface area contributed by atoms with Crippen LogP contribution in [0.25, 0.3) is 0 Å². The lowest BCUT2D eigenvalue weighted by atomic mass is 9.88. The van der Waals surface area contributed by atoms with Gasteiger partial charge in [-0.05, 0) is 61.3 Å². The van der Waals surface area contributed by atoms with E-state index in [2.05, 4.69) is 5.32 Å². The number of ether oxygens (including phenoxy) is 1. The summed E-state index contributed by atoms with van der Waals surface area (Å²) >= 11 is 0. The lowest BCUT2D eigenvalue weighted by Crippen LogP contribution is -2.40. The fraction of sp³-hybridized carbons (Fsp3) is 0.429. The van der Waals surface area contributed by atoms with Crippen LogP contribution in [0.2, 0.25) is 0 Å². The van der Waals surface area contributed by atoms with E-state index in [1.807, 2.05) is 0 Å². The molecule has 2 aromatic rings. The van der Waals surface area contributed by atoms with Gasteiger partial charge in [0.15, 0.2) is 0 Å². The predicted molar refractivity (Wildman–Crippen MR) is 104 cm³/mol. The Hall–Kier alpha value is -1.84. The zero-order chi connectivity index (χ0) is 22.1. The Morgan fingerprint density at radius 3 is 2.00 bits per heavy atom. The SMILES string of the molecule is C[C@@H](O[C@H]1CCNC[C@@H]1c1ccc(F)cc1)c1cc(C(F)(F)F)cc(C(F)(F)F)c1.Cl. The molecule has 2 nitrogen and oxygen atoms in total. The molecule has 10 heteroatoms. The Morgan fingerprint density at radius 2 is 1.48 bits per heavy atom. The molecule has 0 unspecified atom stereocenters. The molecule has 31 heavy (non-hydrogen) atoms. The molecule has 3 atom stereocenters.